The topological polar surface area (TPSA) is 67.8 Å². The molecular formula is C15H23NO4. The van der Waals surface area contributed by atoms with Crippen molar-refractivity contribution in [2.75, 3.05) is 6.61 Å². The van der Waals surface area contributed by atoms with Crippen LogP contribution in [0.3, 0.4) is 0 Å². The molecule has 0 saturated carbocycles. The third-order valence-electron chi connectivity index (χ3n) is 2.59. The fourth-order valence-corrected chi connectivity index (χ4v) is 1.66. The van der Waals surface area contributed by atoms with Crippen LogP contribution in [0.25, 0.3) is 0 Å². The van der Waals surface area contributed by atoms with E-state index in [0.29, 0.717) is 18.1 Å². The zero-order valence-electron chi connectivity index (χ0n) is 12.5. The minimum absolute atomic E-state index is 0.0657. The van der Waals surface area contributed by atoms with Crippen molar-refractivity contribution < 1.29 is 19.4 Å². The lowest BCUT2D eigenvalue weighted by molar-refractivity contribution is -0.127. The molecule has 0 bridgehead atoms. The van der Waals surface area contributed by atoms with Crippen molar-refractivity contribution in [2.24, 2.45) is 0 Å². The first-order valence-corrected chi connectivity index (χ1v) is 6.81. The smallest absolute Gasteiger partial charge is 0.260 e. The van der Waals surface area contributed by atoms with Crippen molar-refractivity contribution >= 4 is 5.91 Å². The highest BCUT2D eigenvalue weighted by Crippen LogP contribution is 2.29. The summed E-state index contributed by atoms with van der Waals surface area (Å²) >= 11 is 0. The highest BCUT2D eigenvalue weighted by Gasteiger charge is 2.17. The molecule has 1 unspecified atom stereocenters. The van der Waals surface area contributed by atoms with E-state index in [1.54, 1.807) is 25.1 Å². The zero-order valence-corrected chi connectivity index (χ0v) is 12.5. The molecule has 0 fully saturated rings. The maximum Gasteiger partial charge on any atom is 0.260 e. The summed E-state index contributed by atoms with van der Waals surface area (Å²) < 4.78 is 11.1. The second-order valence-corrected chi connectivity index (χ2v) is 4.80. The third-order valence-corrected chi connectivity index (χ3v) is 2.59. The van der Waals surface area contributed by atoms with Crippen LogP contribution in [0, 0.1) is 0 Å². The Morgan fingerprint density at radius 1 is 1.30 bits per heavy atom. The number of aliphatic hydroxyl groups excluding tert-OH is 1. The fraction of sp³-hybridized carbons (Fsp3) is 0.533. The number of amides is 1. The van der Waals surface area contributed by atoms with Gasteiger partial charge in [-0.3, -0.25) is 4.79 Å². The van der Waals surface area contributed by atoms with Gasteiger partial charge in [0.15, 0.2) is 17.6 Å². The van der Waals surface area contributed by atoms with E-state index in [2.05, 4.69) is 5.32 Å². The second kappa shape index (κ2) is 7.75. The summed E-state index contributed by atoms with van der Waals surface area (Å²) in [4.78, 5) is 11.8. The normalized spacial score (nSPS) is 12.1. The first-order valence-electron chi connectivity index (χ1n) is 6.81. The lowest BCUT2D eigenvalue weighted by Crippen LogP contribution is -2.40. The van der Waals surface area contributed by atoms with Crippen molar-refractivity contribution in [2.45, 2.75) is 46.4 Å². The van der Waals surface area contributed by atoms with E-state index < -0.39 is 6.10 Å². The monoisotopic (exact) mass is 281 g/mol. The molecule has 0 radical (unpaired) electrons. The van der Waals surface area contributed by atoms with Crippen molar-refractivity contribution in [1.82, 2.24) is 5.32 Å². The molecule has 0 aliphatic rings. The SMILES string of the molecule is CCOc1cc(CO)ccc1OC(C)C(=O)NC(C)C. The minimum Gasteiger partial charge on any atom is -0.490 e. The summed E-state index contributed by atoms with van der Waals surface area (Å²) in [5.41, 5.74) is 0.736. The Morgan fingerprint density at radius 2 is 2.00 bits per heavy atom. The molecule has 1 atom stereocenters. The zero-order chi connectivity index (χ0) is 15.1. The summed E-state index contributed by atoms with van der Waals surface area (Å²) in [6.45, 7) is 7.76. The van der Waals surface area contributed by atoms with Crippen molar-refractivity contribution in [3.63, 3.8) is 0 Å². The number of benzene rings is 1. The molecule has 2 N–H and O–H groups in total. The van der Waals surface area contributed by atoms with Gasteiger partial charge in [0.25, 0.3) is 5.91 Å². The van der Waals surface area contributed by atoms with Crippen LogP contribution >= 0.6 is 0 Å². The van der Waals surface area contributed by atoms with Gasteiger partial charge < -0.3 is 19.9 Å². The van der Waals surface area contributed by atoms with E-state index in [1.807, 2.05) is 20.8 Å². The van der Waals surface area contributed by atoms with Gasteiger partial charge in [-0.1, -0.05) is 6.07 Å². The molecule has 0 aromatic heterocycles. The van der Waals surface area contributed by atoms with Crippen molar-refractivity contribution in [3.8, 4) is 11.5 Å². The molecule has 5 nitrogen and oxygen atoms in total. The van der Waals surface area contributed by atoms with Gasteiger partial charge in [-0.25, -0.2) is 0 Å². The van der Waals surface area contributed by atoms with E-state index in [1.165, 1.54) is 0 Å². The maximum atomic E-state index is 11.8. The Balaban J connectivity index is 2.82. The van der Waals surface area contributed by atoms with Crippen LogP contribution < -0.4 is 14.8 Å². The number of aliphatic hydroxyl groups is 1. The van der Waals surface area contributed by atoms with Crippen LogP contribution in [-0.4, -0.2) is 29.8 Å². The maximum absolute atomic E-state index is 11.8. The van der Waals surface area contributed by atoms with Gasteiger partial charge >= 0.3 is 0 Å². The standard InChI is InChI=1S/C15H23NO4/c1-5-19-14-8-12(9-17)6-7-13(14)20-11(4)15(18)16-10(2)3/h6-8,10-11,17H,5,9H2,1-4H3,(H,16,18). The molecule has 0 heterocycles. The lowest BCUT2D eigenvalue weighted by atomic mass is 10.2. The van der Waals surface area contributed by atoms with Gasteiger partial charge in [0.1, 0.15) is 0 Å². The molecule has 20 heavy (non-hydrogen) atoms. The number of hydrogen-bond donors (Lipinski definition) is 2. The largest absolute Gasteiger partial charge is 0.490 e. The van der Waals surface area contributed by atoms with E-state index in [0.717, 1.165) is 5.56 Å². The van der Waals surface area contributed by atoms with Crippen LogP contribution in [0.1, 0.15) is 33.3 Å². The molecular weight excluding hydrogens is 258 g/mol. The van der Waals surface area contributed by atoms with Crippen LogP contribution in [0.5, 0.6) is 11.5 Å². The molecule has 0 saturated heterocycles. The van der Waals surface area contributed by atoms with Gasteiger partial charge in [-0.2, -0.15) is 0 Å². The highest BCUT2D eigenvalue weighted by molar-refractivity contribution is 5.81. The van der Waals surface area contributed by atoms with E-state index >= 15 is 0 Å². The Labute approximate surface area is 119 Å². The quantitative estimate of drug-likeness (QED) is 0.800. The van der Waals surface area contributed by atoms with Gasteiger partial charge in [0.2, 0.25) is 0 Å². The molecule has 5 heteroatoms. The number of hydrogen-bond acceptors (Lipinski definition) is 4. The number of ether oxygens (including phenoxy) is 2. The summed E-state index contributed by atoms with van der Waals surface area (Å²) in [5.74, 6) is 0.854. The summed E-state index contributed by atoms with van der Waals surface area (Å²) in [5, 5.41) is 11.9. The van der Waals surface area contributed by atoms with Crippen LogP contribution in [0.2, 0.25) is 0 Å². The fourth-order valence-electron chi connectivity index (χ4n) is 1.66. The number of carbonyl (C=O) groups is 1. The molecule has 0 spiro atoms. The summed E-state index contributed by atoms with van der Waals surface area (Å²) in [6, 6.07) is 5.23. The van der Waals surface area contributed by atoms with E-state index in [-0.39, 0.29) is 18.6 Å². The average molecular weight is 281 g/mol. The molecule has 1 aromatic carbocycles. The van der Waals surface area contributed by atoms with E-state index in [9.17, 15) is 4.79 Å². The van der Waals surface area contributed by atoms with Crippen LogP contribution in [0.4, 0.5) is 0 Å². The first kappa shape index (κ1) is 16.3. The minimum atomic E-state index is -0.614. The molecule has 112 valence electrons. The van der Waals surface area contributed by atoms with Crippen molar-refractivity contribution in [1.29, 1.82) is 0 Å². The summed E-state index contributed by atoms with van der Waals surface area (Å²) in [7, 11) is 0. The molecule has 1 aromatic rings. The van der Waals surface area contributed by atoms with Gasteiger partial charge in [-0.15, -0.1) is 0 Å². The molecule has 0 aliphatic carbocycles. The first-order chi connectivity index (χ1) is 9.47. The number of rotatable bonds is 7. The Kier molecular flexibility index (Phi) is 6.31. The summed E-state index contributed by atoms with van der Waals surface area (Å²) in [6.07, 6.45) is -0.614. The van der Waals surface area contributed by atoms with Gasteiger partial charge in [-0.05, 0) is 45.4 Å². The van der Waals surface area contributed by atoms with Gasteiger partial charge in [0.05, 0.1) is 13.2 Å². The van der Waals surface area contributed by atoms with Crippen LogP contribution in [0.15, 0.2) is 18.2 Å². The lowest BCUT2D eigenvalue weighted by Gasteiger charge is -2.18. The van der Waals surface area contributed by atoms with Crippen LogP contribution in [-0.2, 0) is 11.4 Å². The molecule has 1 amide bonds. The molecule has 0 aliphatic heterocycles. The van der Waals surface area contributed by atoms with Crippen molar-refractivity contribution in [3.05, 3.63) is 23.8 Å². The highest BCUT2D eigenvalue weighted by atomic mass is 16.5. The molecule has 1 rings (SSSR count). The predicted octanol–water partition coefficient (Wildman–Crippen LogP) is 1.87. The number of nitrogens with one attached hydrogen (secondary N) is 1. The Morgan fingerprint density at radius 3 is 2.55 bits per heavy atom. The number of carbonyl (C=O) groups excluding carboxylic acids is 1. The Bertz CT molecular complexity index is 445. The van der Waals surface area contributed by atoms with E-state index in [4.69, 9.17) is 14.6 Å². The second-order valence-electron chi connectivity index (χ2n) is 4.80. The Hall–Kier alpha value is -1.75. The predicted molar refractivity (Wildman–Crippen MR) is 76.9 cm³/mol. The average Bonchev–Trinajstić information content (AvgIpc) is 2.40. The van der Waals surface area contributed by atoms with Gasteiger partial charge in [0, 0.05) is 6.04 Å². The third kappa shape index (κ3) is 4.74.